The predicted octanol–water partition coefficient (Wildman–Crippen LogP) is 3.03. The second kappa shape index (κ2) is 8.74. The van der Waals surface area contributed by atoms with Crippen LogP contribution in [0.4, 0.5) is 10.5 Å². The normalized spacial score (nSPS) is 20.7. The van der Waals surface area contributed by atoms with E-state index in [-0.39, 0.29) is 18.0 Å². The maximum absolute atomic E-state index is 12.6. The third-order valence-electron chi connectivity index (χ3n) is 5.33. The highest BCUT2D eigenvalue weighted by Crippen LogP contribution is 2.25. The molecular weight excluding hydrogens is 340 g/mol. The molecule has 2 saturated heterocycles. The Hall–Kier alpha value is -2.08. The number of carbonyl (C=O) groups excluding carboxylic acids is 2. The first-order valence-electron chi connectivity index (χ1n) is 10.1. The van der Waals surface area contributed by atoms with Crippen LogP contribution in [0.5, 0.6) is 0 Å². The molecular formula is C21H32N4O2. The Bertz CT molecular complexity index is 670. The van der Waals surface area contributed by atoms with E-state index in [4.69, 9.17) is 0 Å². The van der Waals surface area contributed by atoms with Gasteiger partial charge in [0, 0.05) is 25.3 Å². The standard InChI is InChI=1S/C21H32N4O2/c1-16(2)13-18-20(26)25(21(27)22-18)15-23(3)14-17-9-5-6-10-19(17)24-11-7-4-8-12-24/h5-6,9-10,16,18H,4,7-8,11-15H2,1-3H3,(H,22,27)/t18-/m1/s1. The molecule has 0 radical (unpaired) electrons. The lowest BCUT2D eigenvalue weighted by molar-refractivity contribution is -0.129. The van der Waals surface area contributed by atoms with Gasteiger partial charge in [0.1, 0.15) is 6.04 Å². The van der Waals surface area contributed by atoms with Gasteiger partial charge >= 0.3 is 6.03 Å². The van der Waals surface area contributed by atoms with Crippen molar-refractivity contribution in [1.82, 2.24) is 15.1 Å². The van der Waals surface area contributed by atoms with Gasteiger partial charge in [-0.2, -0.15) is 0 Å². The van der Waals surface area contributed by atoms with Crippen molar-refractivity contribution >= 4 is 17.6 Å². The number of imide groups is 1. The highest BCUT2D eigenvalue weighted by atomic mass is 16.2. The molecule has 27 heavy (non-hydrogen) atoms. The van der Waals surface area contributed by atoms with Gasteiger partial charge < -0.3 is 10.2 Å². The summed E-state index contributed by atoms with van der Waals surface area (Å²) in [5.74, 6) is 0.262. The molecule has 6 heteroatoms. The molecule has 2 aliphatic rings. The molecule has 3 rings (SSSR count). The number of hydrogen-bond donors (Lipinski definition) is 1. The summed E-state index contributed by atoms with van der Waals surface area (Å²) < 4.78 is 0. The van der Waals surface area contributed by atoms with E-state index in [0.717, 1.165) is 13.1 Å². The molecule has 0 saturated carbocycles. The number of urea groups is 1. The zero-order valence-electron chi connectivity index (χ0n) is 16.8. The maximum atomic E-state index is 12.6. The SMILES string of the molecule is CC(C)C[C@H]1NC(=O)N(CN(C)Cc2ccccc2N2CCCCC2)C1=O. The number of amides is 3. The highest BCUT2D eigenvalue weighted by Gasteiger charge is 2.38. The van der Waals surface area contributed by atoms with Crippen LogP contribution < -0.4 is 10.2 Å². The minimum absolute atomic E-state index is 0.107. The van der Waals surface area contributed by atoms with Gasteiger partial charge in [-0.15, -0.1) is 0 Å². The first-order chi connectivity index (χ1) is 13.0. The van der Waals surface area contributed by atoms with Crippen LogP contribution in [0.3, 0.4) is 0 Å². The van der Waals surface area contributed by atoms with Crippen LogP contribution in [0, 0.1) is 5.92 Å². The van der Waals surface area contributed by atoms with Crippen molar-refractivity contribution in [2.24, 2.45) is 5.92 Å². The van der Waals surface area contributed by atoms with Crippen molar-refractivity contribution in [3.05, 3.63) is 29.8 Å². The lowest BCUT2D eigenvalue weighted by atomic mass is 10.0. The molecule has 1 N–H and O–H groups in total. The molecule has 2 aliphatic heterocycles. The van der Waals surface area contributed by atoms with E-state index in [9.17, 15) is 9.59 Å². The Morgan fingerprint density at radius 1 is 1.15 bits per heavy atom. The number of nitrogens with one attached hydrogen (secondary N) is 1. The Kier molecular flexibility index (Phi) is 6.37. The third kappa shape index (κ3) is 4.80. The molecule has 0 aliphatic carbocycles. The number of rotatable bonds is 7. The van der Waals surface area contributed by atoms with Crippen molar-refractivity contribution in [3.8, 4) is 0 Å². The summed E-state index contributed by atoms with van der Waals surface area (Å²) in [6, 6.07) is 7.81. The predicted molar refractivity (Wildman–Crippen MR) is 107 cm³/mol. The Labute approximate surface area is 162 Å². The molecule has 0 spiro atoms. The van der Waals surface area contributed by atoms with Gasteiger partial charge in [-0.3, -0.25) is 9.69 Å². The number of piperidine rings is 1. The zero-order chi connectivity index (χ0) is 19.4. The molecule has 2 heterocycles. The number of hydrogen-bond acceptors (Lipinski definition) is 4. The highest BCUT2D eigenvalue weighted by molar-refractivity contribution is 6.04. The molecule has 3 amide bonds. The number of anilines is 1. The fourth-order valence-electron chi connectivity index (χ4n) is 4.01. The Balaban J connectivity index is 1.63. The van der Waals surface area contributed by atoms with E-state index in [0.29, 0.717) is 25.6 Å². The van der Waals surface area contributed by atoms with E-state index in [2.05, 4.69) is 48.3 Å². The summed E-state index contributed by atoms with van der Waals surface area (Å²) in [5, 5.41) is 2.82. The van der Waals surface area contributed by atoms with Gasteiger partial charge in [0.2, 0.25) is 0 Å². The van der Waals surface area contributed by atoms with Crippen molar-refractivity contribution < 1.29 is 9.59 Å². The summed E-state index contributed by atoms with van der Waals surface area (Å²) in [5.41, 5.74) is 2.52. The second-order valence-electron chi connectivity index (χ2n) is 8.23. The lowest BCUT2D eigenvalue weighted by Gasteiger charge is -2.32. The molecule has 0 bridgehead atoms. The molecule has 0 aromatic heterocycles. The minimum atomic E-state index is -0.383. The van der Waals surface area contributed by atoms with E-state index in [1.807, 2.05) is 11.9 Å². The van der Waals surface area contributed by atoms with E-state index in [1.165, 1.54) is 35.4 Å². The first-order valence-corrected chi connectivity index (χ1v) is 10.1. The average molecular weight is 373 g/mol. The van der Waals surface area contributed by atoms with Crippen LogP contribution in [0.2, 0.25) is 0 Å². The van der Waals surface area contributed by atoms with Gasteiger partial charge in [-0.25, -0.2) is 9.69 Å². The summed E-state index contributed by atoms with van der Waals surface area (Å²) in [6.45, 7) is 7.35. The molecule has 0 unspecified atom stereocenters. The van der Waals surface area contributed by atoms with Crippen LogP contribution in [0.15, 0.2) is 24.3 Å². The molecule has 1 atom stereocenters. The van der Waals surface area contributed by atoms with E-state index in [1.54, 1.807) is 0 Å². The summed E-state index contributed by atoms with van der Waals surface area (Å²) in [6.07, 6.45) is 4.47. The van der Waals surface area contributed by atoms with Crippen molar-refractivity contribution in [2.75, 3.05) is 31.7 Å². The number of nitrogens with zero attached hydrogens (tertiary/aromatic N) is 3. The van der Waals surface area contributed by atoms with Crippen LogP contribution in [-0.2, 0) is 11.3 Å². The van der Waals surface area contributed by atoms with E-state index < -0.39 is 0 Å². The minimum Gasteiger partial charge on any atom is -0.371 e. The lowest BCUT2D eigenvalue weighted by Crippen LogP contribution is -2.40. The fraction of sp³-hybridized carbons (Fsp3) is 0.619. The number of benzene rings is 1. The van der Waals surface area contributed by atoms with Crippen LogP contribution in [0.25, 0.3) is 0 Å². The van der Waals surface area contributed by atoms with Crippen LogP contribution >= 0.6 is 0 Å². The molecule has 2 fully saturated rings. The summed E-state index contributed by atoms with van der Waals surface area (Å²) in [7, 11) is 1.96. The number of para-hydroxylation sites is 1. The molecule has 148 valence electrons. The first kappa shape index (κ1) is 19.7. The third-order valence-corrected chi connectivity index (χ3v) is 5.33. The van der Waals surface area contributed by atoms with Gasteiger partial charge in [0.15, 0.2) is 0 Å². The van der Waals surface area contributed by atoms with Gasteiger partial charge in [-0.1, -0.05) is 32.0 Å². The largest absolute Gasteiger partial charge is 0.371 e. The van der Waals surface area contributed by atoms with Crippen molar-refractivity contribution in [1.29, 1.82) is 0 Å². The summed E-state index contributed by atoms with van der Waals surface area (Å²) >= 11 is 0. The Morgan fingerprint density at radius 3 is 2.56 bits per heavy atom. The van der Waals surface area contributed by atoms with Crippen LogP contribution in [0.1, 0.15) is 45.1 Å². The van der Waals surface area contributed by atoms with Gasteiger partial charge in [0.05, 0.1) is 6.67 Å². The summed E-state index contributed by atoms with van der Waals surface area (Å²) in [4.78, 5) is 30.6. The molecule has 1 aromatic rings. The van der Waals surface area contributed by atoms with Crippen molar-refractivity contribution in [2.45, 2.75) is 52.1 Å². The molecule has 1 aromatic carbocycles. The van der Waals surface area contributed by atoms with Crippen LogP contribution in [-0.4, -0.2) is 54.6 Å². The van der Waals surface area contributed by atoms with Gasteiger partial charge in [-0.05, 0) is 50.3 Å². The average Bonchev–Trinajstić information content (AvgIpc) is 2.90. The van der Waals surface area contributed by atoms with E-state index >= 15 is 0 Å². The van der Waals surface area contributed by atoms with Gasteiger partial charge in [0.25, 0.3) is 5.91 Å². The second-order valence-corrected chi connectivity index (χ2v) is 8.23. The topological polar surface area (TPSA) is 55.9 Å². The smallest absolute Gasteiger partial charge is 0.325 e. The quantitative estimate of drug-likeness (QED) is 0.748. The molecule has 6 nitrogen and oxygen atoms in total. The fourth-order valence-corrected chi connectivity index (χ4v) is 4.01. The van der Waals surface area contributed by atoms with Crippen molar-refractivity contribution in [3.63, 3.8) is 0 Å². The Morgan fingerprint density at radius 2 is 1.85 bits per heavy atom. The zero-order valence-corrected chi connectivity index (χ0v) is 16.8. The number of carbonyl (C=O) groups is 2. The monoisotopic (exact) mass is 372 g/mol. The maximum Gasteiger partial charge on any atom is 0.325 e.